The van der Waals surface area contributed by atoms with Crippen molar-refractivity contribution >= 4 is 11.0 Å². The summed E-state index contributed by atoms with van der Waals surface area (Å²) in [5, 5.41) is 3.26. The molecule has 108 valence electrons. The minimum atomic E-state index is 0.384. The summed E-state index contributed by atoms with van der Waals surface area (Å²) in [7, 11) is 4.07. The third kappa shape index (κ3) is 2.69. The van der Waals surface area contributed by atoms with E-state index in [1.54, 1.807) is 0 Å². The number of rotatable bonds is 4. The first kappa shape index (κ1) is 13.8. The molecule has 1 atom stereocenters. The summed E-state index contributed by atoms with van der Waals surface area (Å²) in [5.41, 5.74) is 4.86. The molecule has 0 aliphatic rings. The van der Waals surface area contributed by atoms with E-state index < -0.39 is 0 Å². The highest BCUT2D eigenvalue weighted by Gasteiger charge is 2.08. The lowest BCUT2D eigenvalue weighted by molar-refractivity contribution is 0.652. The second kappa shape index (κ2) is 5.70. The summed E-state index contributed by atoms with van der Waals surface area (Å²) in [6.07, 6.45) is 0.861. The Balaban J connectivity index is 1.86. The molecule has 1 heterocycles. The third-order valence-electron chi connectivity index (χ3n) is 4.15. The highest BCUT2D eigenvalue weighted by molar-refractivity contribution is 5.75. The number of nitrogens with zero attached hydrogens (tertiary/aromatic N) is 2. The first-order valence-electron chi connectivity index (χ1n) is 7.35. The number of hydrogen-bond acceptors (Lipinski definition) is 2. The zero-order valence-corrected chi connectivity index (χ0v) is 12.8. The van der Waals surface area contributed by atoms with Crippen LogP contribution in [0.3, 0.4) is 0 Å². The van der Waals surface area contributed by atoms with Gasteiger partial charge in [0.2, 0.25) is 0 Å². The molecule has 3 aromatic rings. The van der Waals surface area contributed by atoms with E-state index in [4.69, 9.17) is 4.98 Å². The van der Waals surface area contributed by atoms with Crippen LogP contribution in [0.1, 0.15) is 29.9 Å². The highest BCUT2D eigenvalue weighted by Crippen LogP contribution is 2.18. The van der Waals surface area contributed by atoms with E-state index in [2.05, 4.69) is 66.3 Å². The number of benzene rings is 2. The van der Waals surface area contributed by atoms with Gasteiger partial charge in [-0.3, -0.25) is 0 Å². The fourth-order valence-electron chi connectivity index (χ4n) is 2.63. The summed E-state index contributed by atoms with van der Waals surface area (Å²) in [4.78, 5) is 4.73. The number of aromatic nitrogens is 2. The Bertz CT molecular complexity index is 741. The average Bonchev–Trinajstić information content (AvgIpc) is 2.84. The van der Waals surface area contributed by atoms with Crippen molar-refractivity contribution in [2.45, 2.75) is 19.4 Å². The monoisotopic (exact) mass is 279 g/mol. The van der Waals surface area contributed by atoms with Crippen LogP contribution in [0.2, 0.25) is 0 Å². The Morgan fingerprint density at radius 3 is 2.48 bits per heavy atom. The summed E-state index contributed by atoms with van der Waals surface area (Å²) in [5.74, 6) is 1.10. The van der Waals surface area contributed by atoms with Crippen LogP contribution in [-0.4, -0.2) is 16.6 Å². The van der Waals surface area contributed by atoms with Crippen molar-refractivity contribution in [3.8, 4) is 0 Å². The molecule has 0 fully saturated rings. The Hall–Kier alpha value is -2.13. The minimum absolute atomic E-state index is 0.384. The second-order valence-corrected chi connectivity index (χ2v) is 5.50. The molecule has 3 heteroatoms. The maximum atomic E-state index is 4.73. The van der Waals surface area contributed by atoms with Gasteiger partial charge in [-0.05, 0) is 37.2 Å². The Kier molecular flexibility index (Phi) is 3.76. The molecule has 0 saturated carbocycles. The van der Waals surface area contributed by atoms with E-state index in [0.29, 0.717) is 6.04 Å². The lowest BCUT2D eigenvalue weighted by Gasteiger charge is -2.11. The number of fused-ring (bicyclic) bond motifs is 1. The summed E-state index contributed by atoms with van der Waals surface area (Å²) >= 11 is 0. The van der Waals surface area contributed by atoms with Crippen LogP contribution in [0.4, 0.5) is 0 Å². The third-order valence-corrected chi connectivity index (χ3v) is 4.15. The van der Waals surface area contributed by atoms with E-state index in [9.17, 15) is 0 Å². The SMILES string of the molecule is CNC(C)c1ccc(Cc2nc3ccccc3n2C)cc1. The van der Waals surface area contributed by atoms with E-state index >= 15 is 0 Å². The fraction of sp³-hybridized carbons (Fsp3) is 0.278. The number of para-hydroxylation sites is 2. The Morgan fingerprint density at radius 2 is 1.81 bits per heavy atom. The molecule has 0 saturated heterocycles. The zero-order valence-electron chi connectivity index (χ0n) is 12.8. The van der Waals surface area contributed by atoms with Gasteiger partial charge in [0.05, 0.1) is 11.0 Å². The normalized spacial score (nSPS) is 12.7. The molecule has 21 heavy (non-hydrogen) atoms. The lowest BCUT2D eigenvalue weighted by atomic mass is 10.0. The van der Waals surface area contributed by atoms with E-state index in [1.807, 2.05) is 13.1 Å². The topological polar surface area (TPSA) is 29.9 Å². The molecule has 1 N–H and O–H groups in total. The molecule has 0 bridgehead atoms. The van der Waals surface area contributed by atoms with Gasteiger partial charge in [0.1, 0.15) is 5.82 Å². The van der Waals surface area contributed by atoms with Gasteiger partial charge in [-0.15, -0.1) is 0 Å². The smallest absolute Gasteiger partial charge is 0.114 e. The molecule has 0 radical (unpaired) electrons. The van der Waals surface area contributed by atoms with Crippen molar-refractivity contribution < 1.29 is 0 Å². The van der Waals surface area contributed by atoms with Crippen LogP contribution >= 0.6 is 0 Å². The number of nitrogens with one attached hydrogen (secondary N) is 1. The Labute approximate surface area is 125 Å². The quantitative estimate of drug-likeness (QED) is 0.793. The molecule has 0 amide bonds. The minimum Gasteiger partial charge on any atom is -0.331 e. The van der Waals surface area contributed by atoms with Crippen molar-refractivity contribution in [2.24, 2.45) is 7.05 Å². The summed E-state index contributed by atoms with van der Waals surface area (Å²) < 4.78 is 2.18. The summed E-state index contributed by atoms with van der Waals surface area (Å²) in [6, 6.07) is 17.4. The molecular formula is C18H21N3. The van der Waals surface area contributed by atoms with Gasteiger partial charge in [-0.2, -0.15) is 0 Å². The van der Waals surface area contributed by atoms with Crippen molar-refractivity contribution in [3.05, 3.63) is 65.5 Å². The predicted molar refractivity (Wildman–Crippen MR) is 87.4 cm³/mol. The maximum absolute atomic E-state index is 4.73. The molecular weight excluding hydrogens is 258 g/mol. The largest absolute Gasteiger partial charge is 0.331 e. The highest BCUT2D eigenvalue weighted by atomic mass is 15.1. The number of aryl methyl sites for hydroxylation is 1. The average molecular weight is 279 g/mol. The van der Waals surface area contributed by atoms with Crippen LogP contribution in [0.15, 0.2) is 48.5 Å². The van der Waals surface area contributed by atoms with Crippen LogP contribution in [-0.2, 0) is 13.5 Å². The number of imidazole rings is 1. The number of hydrogen-bond donors (Lipinski definition) is 1. The van der Waals surface area contributed by atoms with Gasteiger partial charge in [-0.25, -0.2) is 4.98 Å². The van der Waals surface area contributed by atoms with Gasteiger partial charge < -0.3 is 9.88 Å². The molecule has 0 aliphatic heterocycles. The van der Waals surface area contributed by atoms with Gasteiger partial charge in [0, 0.05) is 19.5 Å². The first-order valence-corrected chi connectivity index (χ1v) is 7.35. The van der Waals surface area contributed by atoms with Gasteiger partial charge in [0.25, 0.3) is 0 Å². The van der Waals surface area contributed by atoms with E-state index in [-0.39, 0.29) is 0 Å². The van der Waals surface area contributed by atoms with Crippen molar-refractivity contribution in [1.82, 2.24) is 14.9 Å². The van der Waals surface area contributed by atoms with E-state index in [1.165, 1.54) is 16.6 Å². The van der Waals surface area contributed by atoms with Crippen molar-refractivity contribution in [3.63, 3.8) is 0 Å². The lowest BCUT2D eigenvalue weighted by Crippen LogP contribution is -2.12. The molecule has 1 unspecified atom stereocenters. The van der Waals surface area contributed by atoms with Crippen LogP contribution < -0.4 is 5.32 Å². The molecule has 0 spiro atoms. The Morgan fingerprint density at radius 1 is 1.10 bits per heavy atom. The predicted octanol–water partition coefficient (Wildman–Crippen LogP) is 3.44. The van der Waals surface area contributed by atoms with E-state index in [0.717, 1.165) is 17.8 Å². The molecule has 0 aliphatic carbocycles. The van der Waals surface area contributed by atoms with Crippen LogP contribution in [0.5, 0.6) is 0 Å². The van der Waals surface area contributed by atoms with Gasteiger partial charge in [-0.1, -0.05) is 36.4 Å². The van der Waals surface area contributed by atoms with Crippen molar-refractivity contribution in [2.75, 3.05) is 7.05 Å². The van der Waals surface area contributed by atoms with Gasteiger partial charge in [0.15, 0.2) is 0 Å². The first-order chi connectivity index (χ1) is 10.2. The second-order valence-electron chi connectivity index (χ2n) is 5.50. The standard InChI is InChI=1S/C18H21N3/c1-13(19-2)15-10-8-14(9-11-15)12-18-20-16-6-4-5-7-17(16)21(18)3/h4-11,13,19H,12H2,1-3H3. The fourth-order valence-corrected chi connectivity index (χ4v) is 2.63. The molecule has 3 rings (SSSR count). The van der Waals surface area contributed by atoms with Crippen LogP contribution in [0.25, 0.3) is 11.0 Å². The van der Waals surface area contributed by atoms with Crippen molar-refractivity contribution in [1.29, 1.82) is 0 Å². The molecule has 2 aromatic carbocycles. The van der Waals surface area contributed by atoms with Gasteiger partial charge >= 0.3 is 0 Å². The van der Waals surface area contributed by atoms with Crippen LogP contribution in [0, 0.1) is 0 Å². The molecule has 1 aromatic heterocycles. The maximum Gasteiger partial charge on any atom is 0.114 e. The zero-order chi connectivity index (χ0) is 14.8. The summed E-state index contributed by atoms with van der Waals surface area (Å²) in [6.45, 7) is 2.17. The molecule has 3 nitrogen and oxygen atoms in total.